The van der Waals surface area contributed by atoms with Crippen molar-refractivity contribution in [3.05, 3.63) is 48.0 Å². The van der Waals surface area contributed by atoms with E-state index in [-0.39, 0.29) is 6.04 Å². The monoisotopic (exact) mass is 272 g/mol. The number of nitrogens with zero attached hydrogens (tertiary/aromatic N) is 2. The minimum atomic E-state index is -0.572. The number of amides is 1. The first-order valence-corrected chi connectivity index (χ1v) is 6.19. The Morgan fingerprint density at radius 3 is 2.35 bits per heavy atom. The highest BCUT2D eigenvalue weighted by molar-refractivity contribution is 5.83. The quantitative estimate of drug-likeness (QED) is 0.895. The van der Waals surface area contributed by atoms with Gasteiger partial charge in [0.15, 0.2) is 5.82 Å². The van der Waals surface area contributed by atoms with Crippen molar-refractivity contribution in [2.75, 3.05) is 17.7 Å². The highest BCUT2D eigenvalue weighted by Gasteiger charge is 2.07. The molecule has 2 rings (SSSR count). The summed E-state index contributed by atoms with van der Waals surface area (Å²) in [6.45, 7) is 2.04. The van der Waals surface area contributed by atoms with Crippen molar-refractivity contribution in [2.45, 2.75) is 13.0 Å². The molecule has 0 aliphatic heterocycles. The normalized spacial score (nSPS) is 11.5. The zero-order chi connectivity index (χ0) is 14.4. The molecule has 0 aliphatic carbocycles. The van der Waals surface area contributed by atoms with Crippen molar-refractivity contribution in [3.63, 3.8) is 0 Å². The topological polar surface area (TPSA) is 76.1 Å². The average molecular weight is 272 g/mol. The van der Waals surface area contributed by atoms with Gasteiger partial charge in [-0.05, 0) is 24.6 Å². The lowest BCUT2D eigenvalue weighted by atomic mass is 10.1. The molecule has 2 aromatic rings. The van der Waals surface area contributed by atoms with E-state index < -0.39 is 6.09 Å². The Hall–Kier alpha value is -2.63. The van der Waals surface area contributed by atoms with Gasteiger partial charge in [0, 0.05) is 6.04 Å². The van der Waals surface area contributed by atoms with E-state index in [1.54, 1.807) is 12.1 Å². The Bertz CT molecular complexity index is 557. The van der Waals surface area contributed by atoms with Crippen molar-refractivity contribution < 1.29 is 9.53 Å². The third-order valence-corrected chi connectivity index (χ3v) is 2.74. The molecule has 0 aliphatic rings. The molecule has 6 heteroatoms. The number of aromatic nitrogens is 2. The van der Waals surface area contributed by atoms with Crippen molar-refractivity contribution in [3.8, 4) is 0 Å². The largest absolute Gasteiger partial charge is 0.453 e. The van der Waals surface area contributed by atoms with Crippen LogP contribution in [0.1, 0.15) is 18.5 Å². The van der Waals surface area contributed by atoms with Crippen molar-refractivity contribution >= 4 is 17.7 Å². The first-order chi connectivity index (χ1) is 9.69. The number of carbonyl (C=O) groups is 1. The van der Waals surface area contributed by atoms with Crippen LogP contribution in [-0.4, -0.2) is 23.4 Å². The molecule has 1 unspecified atom stereocenters. The summed E-state index contributed by atoms with van der Waals surface area (Å²) in [6.07, 6.45) is -0.572. The van der Waals surface area contributed by atoms with Crippen molar-refractivity contribution in [1.82, 2.24) is 10.2 Å². The fourth-order valence-electron chi connectivity index (χ4n) is 1.68. The van der Waals surface area contributed by atoms with Gasteiger partial charge >= 0.3 is 6.09 Å². The van der Waals surface area contributed by atoms with Gasteiger partial charge < -0.3 is 10.1 Å². The molecule has 0 bridgehead atoms. The predicted molar refractivity (Wildman–Crippen MR) is 76.5 cm³/mol. The molecule has 1 atom stereocenters. The van der Waals surface area contributed by atoms with Crippen LogP contribution in [0.5, 0.6) is 0 Å². The third kappa shape index (κ3) is 3.68. The second-order valence-electron chi connectivity index (χ2n) is 4.20. The van der Waals surface area contributed by atoms with Gasteiger partial charge in [-0.3, -0.25) is 5.32 Å². The minimum absolute atomic E-state index is 0.116. The Morgan fingerprint density at radius 1 is 1.10 bits per heavy atom. The smallest absolute Gasteiger partial charge is 0.412 e. The second-order valence-corrected chi connectivity index (χ2v) is 4.20. The van der Waals surface area contributed by atoms with E-state index in [9.17, 15) is 4.79 Å². The predicted octanol–water partition coefficient (Wildman–Crippen LogP) is 2.83. The number of ether oxygens (including phenoxy) is 1. The van der Waals surface area contributed by atoms with Crippen LogP contribution in [0.3, 0.4) is 0 Å². The Balaban J connectivity index is 1.98. The van der Waals surface area contributed by atoms with E-state index in [4.69, 9.17) is 0 Å². The Morgan fingerprint density at radius 2 is 1.75 bits per heavy atom. The highest BCUT2D eigenvalue weighted by atomic mass is 16.5. The molecule has 0 saturated carbocycles. The van der Waals surface area contributed by atoms with Gasteiger partial charge in [0.05, 0.1) is 7.11 Å². The summed E-state index contributed by atoms with van der Waals surface area (Å²) in [7, 11) is 1.29. The maximum Gasteiger partial charge on any atom is 0.412 e. The fourth-order valence-corrected chi connectivity index (χ4v) is 1.68. The number of rotatable bonds is 4. The molecule has 2 N–H and O–H groups in total. The van der Waals surface area contributed by atoms with E-state index in [1.165, 1.54) is 7.11 Å². The van der Waals surface area contributed by atoms with Gasteiger partial charge in [0.1, 0.15) is 5.82 Å². The van der Waals surface area contributed by atoms with Crippen LogP contribution in [0, 0.1) is 0 Å². The van der Waals surface area contributed by atoms with Gasteiger partial charge in [-0.1, -0.05) is 30.3 Å². The van der Waals surface area contributed by atoms with Crippen LogP contribution in [0.15, 0.2) is 42.5 Å². The minimum Gasteiger partial charge on any atom is -0.453 e. The first kappa shape index (κ1) is 13.8. The van der Waals surface area contributed by atoms with Gasteiger partial charge in [0.2, 0.25) is 0 Å². The number of carbonyl (C=O) groups excluding carboxylic acids is 1. The Kier molecular flexibility index (Phi) is 4.49. The second kappa shape index (κ2) is 6.51. The molecule has 20 heavy (non-hydrogen) atoms. The van der Waals surface area contributed by atoms with Crippen LogP contribution in [0.25, 0.3) is 0 Å². The summed E-state index contributed by atoms with van der Waals surface area (Å²) < 4.78 is 4.47. The molecule has 1 aromatic carbocycles. The summed E-state index contributed by atoms with van der Waals surface area (Å²) >= 11 is 0. The maximum atomic E-state index is 11.0. The van der Waals surface area contributed by atoms with Crippen LogP contribution in [-0.2, 0) is 4.74 Å². The lowest BCUT2D eigenvalue weighted by molar-refractivity contribution is 0.187. The van der Waals surface area contributed by atoms with E-state index in [1.807, 2.05) is 37.3 Å². The molecular weight excluding hydrogens is 256 g/mol. The maximum absolute atomic E-state index is 11.0. The van der Waals surface area contributed by atoms with Gasteiger partial charge in [-0.2, -0.15) is 0 Å². The van der Waals surface area contributed by atoms with Gasteiger partial charge in [-0.15, -0.1) is 10.2 Å². The number of nitrogens with one attached hydrogen (secondary N) is 2. The number of hydrogen-bond donors (Lipinski definition) is 2. The van der Waals surface area contributed by atoms with E-state index in [0.29, 0.717) is 11.6 Å². The lowest BCUT2D eigenvalue weighted by Gasteiger charge is -2.14. The standard InChI is InChI=1S/C14H16N4O2/c1-10(11-6-4-3-5-7-11)15-12-8-9-13(18-17-12)16-14(19)20-2/h3-10H,1-2H3,(H,15,17)(H,16,18,19). The number of hydrogen-bond acceptors (Lipinski definition) is 5. The van der Waals surface area contributed by atoms with Crippen molar-refractivity contribution in [1.29, 1.82) is 0 Å². The zero-order valence-electron chi connectivity index (χ0n) is 11.3. The number of benzene rings is 1. The van der Waals surface area contributed by atoms with Gasteiger partial charge in [-0.25, -0.2) is 4.79 Å². The van der Waals surface area contributed by atoms with Crippen LogP contribution < -0.4 is 10.6 Å². The number of methoxy groups -OCH3 is 1. The molecule has 0 fully saturated rings. The summed E-state index contributed by atoms with van der Waals surface area (Å²) in [5.74, 6) is 0.978. The number of anilines is 2. The molecule has 0 radical (unpaired) electrons. The van der Waals surface area contributed by atoms with Crippen LogP contribution in [0.2, 0.25) is 0 Å². The zero-order valence-corrected chi connectivity index (χ0v) is 11.3. The summed E-state index contributed by atoms with van der Waals surface area (Å²) in [4.78, 5) is 11.0. The molecule has 1 aromatic heterocycles. The van der Waals surface area contributed by atoms with E-state index in [2.05, 4.69) is 25.6 Å². The molecule has 6 nitrogen and oxygen atoms in total. The van der Waals surface area contributed by atoms with E-state index in [0.717, 1.165) is 5.56 Å². The van der Waals surface area contributed by atoms with E-state index >= 15 is 0 Å². The summed E-state index contributed by atoms with van der Waals surface area (Å²) in [6, 6.07) is 13.6. The van der Waals surface area contributed by atoms with Crippen LogP contribution >= 0.6 is 0 Å². The summed E-state index contributed by atoms with van der Waals surface area (Å²) in [5.41, 5.74) is 1.16. The SMILES string of the molecule is COC(=O)Nc1ccc(NC(C)c2ccccc2)nn1. The molecule has 1 amide bonds. The average Bonchev–Trinajstić information content (AvgIpc) is 2.50. The molecule has 1 heterocycles. The van der Waals surface area contributed by atoms with Crippen molar-refractivity contribution in [2.24, 2.45) is 0 Å². The lowest BCUT2D eigenvalue weighted by Crippen LogP contribution is -2.13. The van der Waals surface area contributed by atoms with Gasteiger partial charge in [0.25, 0.3) is 0 Å². The fraction of sp³-hybridized carbons (Fsp3) is 0.214. The van der Waals surface area contributed by atoms with Crippen LogP contribution in [0.4, 0.5) is 16.4 Å². The highest BCUT2D eigenvalue weighted by Crippen LogP contribution is 2.17. The Labute approximate surface area is 117 Å². The summed E-state index contributed by atoms with van der Waals surface area (Å²) in [5, 5.41) is 13.6. The molecule has 0 spiro atoms. The third-order valence-electron chi connectivity index (χ3n) is 2.74. The molecular formula is C14H16N4O2. The molecule has 0 saturated heterocycles. The molecule has 104 valence electrons. The first-order valence-electron chi connectivity index (χ1n) is 6.19.